The van der Waals surface area contributed by atoms with Gasteiger partial charge >= 0.3 is 0 Å². The second-order valence-electron chi connectivity index (χ2n) is 6.15. The Labute approximate surface area is 150 Å². The topological polar surface area (TPSA) is 64.0 Å². The molecule has 0 saturated carbocycles. The quantitative estimate of drug-likeness (QED) is 0.784. The molecule has 0 aliphatic rings. The third-order valence-corrected chi connectivity index (χ3v) is 3.81. The minimum absolute atomic E-state index is 0.207. The summed E-state index contributed by atoms with van der Waals surface area (Å²) in [6, 6.07) is 14.4. The van der Waals surface area contributed by atoms with Crippen LogP contribution in [0.3, 0.4) is 0 Å². The van der Waals surface area contributed by atoms with Crippen molar-refractivity contribution in [3.63, 3.8) is 0 Å². The van der Waals surface area contributed by atoms with Crippen LogP contribution in [0.1, 0.15) is 11.1 Å². The van der Waals surface area contributed by atoms with Crippen molar-refractivity contribution in [1.82, 2.24) is 9.78 Å². The van der Waals surface area contributed by atoms with Gasteiger partial charge in [-0.3, -0.25) is 9.59 Å². The Kier molecular flexibility index (Phi) is 4.93. The highest BCUT2D eigenvalue weighted by Crippen LogP contribution is 2.16. The smallest absolute Gasteiger partial charge is 0.267 e. The monoisotopic (exact) mass is 351 g/mol. The fourth-order valence-corrected chi connectivity index (χ4v) is 2.72. The first-order valence-corrected chi connectivity index (χ1v) is 8.13. The van der Waals surface area contributed by atoms with Crippen LogP contribution in [0.4, 0.5) is 10.1 Å². The van der Waals surface area contributed by atoms with Crippen molar-refractivity contribution in [2.75, 3.05) is 5.32 Å². The summed E-state index contributed by atoms with van der Waals surface area (Å²) < 4.78 is 14.1. The molecular formula is C20H18FN3O2. The van der Waals surface area contributed by atoms with E-state index in [2.05, 4.69) is 10.4 Å². The molecule has 0 fully saturated rings. The second kappa shape index (κ2) is 7.31. The number of amides is 1. The van der Waals surface area contributed by atoms with Crippen LogP contribution in [-0.2, 0) is 11.3 Å². The third kappa shape index (κ3) is 4.22. The van der Waals surface area contributed by atoms with Crippen molar-refractivity contribution in [3.05, 3.63) is 81.9 Å². The summed E-state index contributed by atoms with van der Waals surface area (Å²) in [6.07, 6.45) is 0. The second-order valence-corrected chi connectivity index (χ2v) is 6.15. The molecule has 0 radical (unpaired) electrons. The van der Waals surface area contributed by atoms with E-state index >= 15 is 0 Å². The van der Waals surface area contributed by atoms with Gasteiger partial charge in [-0.15, -0.1) is 0 Å². The van der Waals surface area contributed by atoms with Crippen molar-refractivity contribution in [3.8, 4) is 11.3 Å². The van der Waals surface area contributed by atoms with E-state index in [4.69, 9.17) is 0 Å². The molecule has 0 aliphatic heterocycles. The number of nitrogens with one attached hydrogen (secondary N) is 1. The number of carbonyl (C=O) groups excluding carboxylic acids is 1. The van der Waals surface area contributed by atoms with Gasteiger partial charge in [0.1, 0.15) is 12.4 Å². The molecule has 0 aliphatic carbocycles. The van der Waals surface area contributed by atoms with Gasteiger partial charge in [-0.1, -0.05) is 6.07 Å². The summed E-state index contributed by atoms with van der Waals surface area (Å²) in [6.45, 7) is 3.68. The van der Waals surface area contributed by atoms with Gasteiger partial charge in [0.15, 0.2) is 0 Å². The molecule has 3 rings (SSSR count). The zero-order valence-corrected chi connectivity index (χ0v) is 14.5. The Morgan fingerprint density at radius 3 is 2.35 bits per heavy atom. The van der Waals surface area contributed by atoms with Crippen molar-refractivity contribution < 1.29 is 9.18 Å². The molecule has 5 nitrogen and oxygen atoms in total. The Balaban J connectivity index is 1.80. The molecule has 132 valence electrons. The van der Waals surface area contributed by atoms with Crippen molar-refractivity contribution in [1.29, 1.82) is 0 Å². The first kappa shape index (κ1) is 17.5. The lowest BCUT2D eigenvalue weighted by atomic mass is 10.1. The maximum absolute atomic E-state index is 13.1. The number of hydrogen-bond acceptors (Lipinski definition) is 3. The summed E-state index contributed by atoms with van der Waals surface area (Å²) in [5.41, 5.74) is 3.52. The van der Waals surface area contributed by atoms with E-state index in [-0.39, 0.29) is 23.8 Å². The molecule has 6 heteroatoms. The van der Waals surface area contributed by atoms with Crippen molar-refractivity contribution >= 4 is 11.6 Å². The van der Waals surface area contributed by atoms with Crippen LogP contribution in [0.15, 0.2) is 59.4 Å². The van der Waals surface area contributed by atoms with Gasteiger partial charge in [0.25, 0.3) is 5.56 Å². The molecule has 0 unspecified atom stereocenters. The molecular weight excluding hydrogens is 333 g/mol. The minimum Gasteiger partial charge on any atom is -0.324 e. The van der Waals surface area contributed by atoms with Gasteiger partial charge in [0, 0.05) is 17.3 Å². The number of carbonyl (C=O) groups is 1. The van der Waals surface area contributed by atoms with Crippen LogP contribution in [0.5, 0.6) is 0 Å². The van der Waals surface area contributed by atoms with Gasteiger partial charge in [-0.25, -0.2) is 9.07 Å². The van der Waals surface area contributed by atoms with Crippen molar-refractivity contribution in [2.45, 2.75) is 20.4 Å². The maximum atomic E-state index is 13.1. The number of anilines is 1. The van der Waals surface area contributed by atoms with Crippen LogP contribution >= 0.6 is 0 Å². The van der Waals surface area contributed by atoms with E-state index in [1.165, 1.54) is 18.2 Å². The maximum Gasteiger partial charge on any atom is 0.267 e. The van der Waals surface area contributed by atoms with Crippen LogP contribution in [0, 0.1) is 19.7 Å². The number of nitrogens with zero attached hydrogens (tertiary/aromatic N) is 2. The van der Waals surface area contributed by atoms with Crippen LogP contribution in [-0.4, -0.2) is 15.7 Å². The number of benzene rings is 2. The molecule has 1 N–H and O–H groups in total. The van der Waals surface area contributed by atoms with E-state index in [9.17, 15) is 14.0 Å². The summed E-state index contributed by atoms with van der Waals surface area (Å²) in [7, 11) is 0. The fraction of sp³-hybridized carbons (Fsp3) is 0.150. The van der Waals surface area contributed by atoms with E-state index in [1.54, 1.807) is 18.2 Å². The fourth-order valence-electron chi connectivity index (χ4n) is 2.72. The SMILES string of the molecule is Cc1cc(C)cc(NC(=O)Cn2nc(-c3ccc(F)cc3)ccc2=O)c1. The van der Waals surface area contributed by atoms with E-state index in [0.29, 0.717) is 16.9 Å². The lowest BCUT2D eigenvalue weighted by Crippen LogP contribution is -2.29. The number of hydrogen-bond donors (Lipinski definition) is 1. The molecule has 2 aromatic carbocycles. The predicted octanol–water partition coefficient (Wildman–Crippen LogP) is 3.30. The normalized spacial score (nSPS) is 10.6. The van der Waals surface area contributed by atoms with Gasteiger partial charge < -0.3 is 5.32 Å². The molecule has 1 aromatic heterocycles. The molecule has 3 aromatic rings. The number of rotatable bonds is 4. The highest BCUT2D eigenvalue weighted by Gasteiger charge is 2.09. The molecule has 0 atom stereocenters. The molecule has 1 heterocycles. The summed E-state index contributed by atoms with van der Waals surface area (Å²) in [5.74, 6) is -0.698. The third-order valence-electron chi connectivity index (χ3n) is 3.81. The highest BCUT2D eigenvalue weighted by atomic mass is 19.1. The molecule has 0 spiro atoms. The van der Waals surface area contributed by atoms with Crippen molar-refractivity contribution in [2.24, 2.45) is 0 Å². The lowest BCUT2D eigenvalue weighted by molar-refractivity contribution is -0.117. The Morgan fingerprint density at radius 1 is 1.04 bits per heavy atom. The zero-order chi connectivity index (χ0) is 18.7. The molecule has 0 bridgehead atoms. The zero-order valence-electron chi connectivity index (χ0n) is 14.5. The van der Waals surface area contributed by atoms with E-state index in [0.717, 1.165) is 15.8 Å². The summed E-state index contributed by atoms with van der Waals surface area (Å²) in [4.78, 5) is 24.3. The number of aromatic nitrogens is 2. The van der Waals surface area contributed by atoms with E-state index in [1.807, 2.05) is 32.0 Å². The van der Waals surface area contributed by atoms with Gasteiger partial charge in [-0.2, -0.15) is 5.10 Å². The predicted molar refractivity (Wildman–Crippen MR) is 98.4 cm³/mol. The van der Waals surface area contributed by atoms with Gasteiger partial charge in [0.05, 0.1) is 5.69 Å². The minimum atomic E-state index is -0.383. The standard InChI is InChI=1S/C20H18FN3O2/c1-13-9-14(2)11-17(10-13)22-19(25)12-24-20(26)8-7-18(23-24)15-3-5-16(21)6-4-15/h3-11H,12H2,1-2H3,(H,22,25). The van der Waals surface area contributed by atoms with Gasteiger partial charge in [-0.05, 0) is 67.4 Å². The molecule has 0 saturated heterocycles. The summed E-state index contributed by atoms with van der Waals surface area (Å²) in [5, 5.41) is 6.99. The molecule has 26 heavy (non-hydrogen) atoms. The first-order valence-electron chi connectivity index (χ1n) is 8.13. The largest absolute Gasteiger partial charge is 0.324 e. The van der Waals surface area contributed by atoms with Crippen LogP contribution in [0.25, 0.3) is 11.3 Å². The Morgan fingerprint density at radius 2 is 1.69 bits per heavy atom. The first-order chi connectivity index (χ1) is 12.4. The Hall–Kier alpha value is -3.28. The van der Waals surface area contributed by atoms with Crippen LogP contribution in [0.2, 0.25) is 0 Å². The average Bonchev–Trinajstić information content (AvgIpc) is 2.56. The van der Waals surface area contributed by atoms with Crippen LogP contribution < -0.4 is 10.9 Å². The Bertz CT molecular complexity index is 990. The number of halogens is 1. The highest BCUT2D eigenvalue weighted by molar-refractivity contribution is 5.90. The lowest BCUT2D eigenvalue weighted by Gasteiger charge is -2.09. The average molecular weight is 351 g/mol. The van der Waals surface area contributed by atoms with E-state index < -0.39 is 0 Å². The summed E-state index contributed by atoms with van der Waals surface area (Å²) >= 11 is 0. The van der Waals surface area contributed by atoms with Gasteiger partial charge in [0.2, 0.25) is 5.91 Å². The molecule has 1 amide bonds. The number of aryl methyl sites for hydroxylation is 2.